The van der Waals surface area contributed by atoms with Gasteiger partial charge in [-0.1, -0.05) is 6.92 Å². The molecule has 0 saturated heterocycles. The van der Waals surface area contributed by atoms with Gasteiger partial charge in [-0.15, -0.1) is 0 Å². The molecule has 0 aliphatic heterocycles. The summed E-state index contributed by atoms with van der Waals surface area (Å²) in [6.45, 7) is 5.94. The highest BCUT2D eigenvalue weighted by Gasteiger charge is 2.22. The molecule has 0 spiro atoms. The van der Waals surface area contributed by atoms with Crippen molar-refractivity contribution in [3.05, 3.63) is 11.9 Å². The lowest BCUT2D eigenvalue weighted by molar-refractivity contribution is 0.178. The first-order valence-electron chi connectivity index (χ1n) is 7.75. The SMILES string of the molecule is CCCc1nc(NCC)cc(NCC2CCC(O)C2)n1. The number of nitrogens with zero attached hydrogens (tertiary/aromatic N) is 2. The van der Waals surface area contributed by atoms with Crippen LogP contribution in [0.2, 0.25) is 0 Å². The lowest BCUT2D eigenvalue weighted by Crippen LogP contribution is -2.15. The zero-order valence-electron chi connectivity index (χ0n) is 12.5. The van der Waals surface area contributed by atoms with Crippen molar-refractivity contribution in [3.63, 3.8) is 0 Å². The van der Waals surface area contributed by atoms with E-state index in [1.807, 2.05) is 6.07 Å². The fraction of sp³-hybridized carbons (Fsp3) is 0.733. The van der Waals surface area contributed by atoms with Crippen LogP contribution in [-0.4, -0.2) is 34.3 Å². The van der Waals surface area contributed by atoms with Gasteiger partial charge in [0, 0.05) is 25.6 Å². The summed E-state index contributed by atoms with van der Waals surface area (Å²) in [6.07, 6.45) is 4.76. The molecule has 2 atom stereocenters. The van der Waals surface area contributed by atoms with E-state index in [-0.39, 0.29) is 6.10 Å². The Morgan fingerprint density at radius 3 is 2.55 bits per heavy atom. The number of anilines is 2. The molecule has 1 aliphatic rings. The van der Waals surface area contributed by atoms with Gasteiger partial charge in [-0.3, -0.25) is 0 Å². The number of aliphatic hydroxyl groups is 1. The highest BCUT2D eigenvalue weighted by molar-refractivity contribution is 5.47. The lowest BCUT2D eigenvalue weighted by atomic mass is 10.1. The molecule has 1 fully saturated rings. The maximum atomic E-state index is 9.56. The van der Waals surface area contributed by atoms with Gasteiger partial charge in [-0.2, -0.15) is 0 Å². The lowest BCUT2D eigenvalue weighted by Gasteiger charge is -2.13. The molecule has 1 aliphatic carbocycles. The van der Waals surface area contributed by atoms with E-state index in [2.05, 4.69) is 34.4 Å². The third kappa shape index (κ3) is 4.34. The van der Waals surface area contributed by atoms with E-state index < -0.39 is 0 Å². The molecule has 5 heteroatoms. The van der Waals surface area contributed by atoms with Crippen LogP contribution in [0.1, 0.15) is 45.4 Å². The zero-order valence-corrected chi connectivity index (χ0v) is 12.5. The van der Waals surface area contributed by atoms with Crippen LogP contribution < -0.4 is 10.6 Å². The average Bonchev–Trinajstić information content (AvgIpc) is 2.83. The molecule has 1 heterocycles. The summed E-state index contributed by atoms with van der Waals surface area (Å²) in [5.74, 6) is 3.22. The Labute approximate surface area is 121 Å². The number of aryl methyl sites for hydroxylation is 1. The summed E-state index contributed by atoms with van der Waals surface area (Å²) in [4.78, 5) is 9.06. The van der Waals surface area contributed by atoms with Crippen molar-refractivity contribution in [2.45, 2.75) is 52.1 Å². The van der Waals surface area contributed by atoms with Crippen molar-refractivity contribution in [2.24, 2.45) is 5.92 Å². The minimum Gasteiger partial charge on any atom is -0.393 e. The van der Waals surface area contributed by atoms with Gasteiger partial charge in [0.15, 0.2) is 0 Å². The summed E-state index contributed by atoms with van der Waals surface area (Å²) in [6, 6.07) is 1.97. The third-order valence-electron chi connectivity index (χ3n) is 3.69. The average molecular weight is 278 g/mol. The van der Waals surface area contributed by atoms with E-state index in [0.29, 0.717) is 5.92 Å². The summed E-state index contributed by atoms with van der Waals surface area (Å²) >= 11 is 0. The minimum atomic E-state index is -0.111. The number of nitrogens with one attached hydrogen (secondary N) is 2. The van der Waals surface area contributed by atoms with Crippen molar-refractivity contribution in [2.75, 3.05) is 23.7 Å². The zero-order chi connectivity index (χ0) is 14.4. The van der Waals surface area contributed by atoms with Crippen molar-refractivity contribution >= 4 is 11.6 Å². The molecule has 20 heavy (non-hydrogen) atoms. The second-order valence-electron chi connectivity index (χ2n) is 5.55. The Kier molecular flexibility index (Phi) is 5.59. The maximum absolute atomic E-state index is 9.56. The number of hydrogen-bond donors (Lipinski definition) is 3. The Bertz CT molecular complexity index is 400. The molecule has 0 aromatic carbocycles. The van der Waals surface area contributed by atoms with E-state index in [0.717, 1.165) is 62.7 Å². The van der Waals surface area contributed by atoms with Crippen molar-refractivity contribution < 1.29 is 5.11 Å². The van der Waals surface area contributed by atoms with Crippen LogP contribution in [-0.2, 0) is 6.42 Å². The normalized spacial score (nSPS) is 21.9. The van der Waals surface area contributed by atoms with Crippen LogP contribution in [0, 0.1) is 5.92 Å². The van der Waals surface area contributed by atoms with Crippen LogP contribution in [0.3, 0.4) is 0 Å². The van der Waals surface area contributed by atoms with Crippen molar-refractivity contribution in [1.29, 1.82) is 0 Å². The number of rotatable bonds is 7. The minimum absolute atomic E-state index is 0.111. The predicted octanol–water partition coefficient (Wildman–Crippen LogP) is 2.43. The molecule has 1 saturated carbocycles. The van der Waals surface area contributed by atoms with Gasteiger partial charge in [-0.05, 0) is 38.5 Å². The van der Waals surface area contributed by atoms with Crippen molar-refractivity contribution in [3.8, 4) is 0 Å². The smallest absolute Gasteiger partial charge is 0.133 e. The van der Waals surface area contributed by atoms with Gasteiger partial charge in [0.05, 0.1) is 6.10 Å². The van der Waals surface area contributed by atoms with E-state index in [1.54, 1.807) is 0 Å². The van der Waals surface area contributed by atoms with Gasteiger partial charge < -0.3 is 15.7 Å². The summed E-state index contributed by atoms with van der Waals surface area (Å²) in [5.41, 5.74) is 0. The van der Waals surface area contributed by atoms with E-state index in [9.17, 15) is 5.11 Å². The second-order valence-corrected chi connectivity index (χ2v) is 5.55. The monoisotopic (exact) mass is 278 g/mol. The summed E-state index contributed by atoms with van der Waals surface area (Å²) in [5, 5.41) is 16.2. The molecule has 0 amide bonds. The molecule has 5 nitrogen and oxygen atoms in total. The molecular formula is C15H26N4O. The Balaban J connectivity index is 1.98. The Morgan fingerprint density at radius 1 is 1.20 bits per heavy atom. The topological polar surface area (TPSA) is 70.1 Å². The van der Waals surface area contributed by atoms with Crippen LogP contribution in [0.25, 0.3) is 0 Å². The van der Waals surface area contributed by atoms with E-state index in [1.165, 1.54) is 0 Å². The molecule has 3 N–H and O–H groups in total. The van der Waals surface area contributed by atoms with Gasteiger partial charge in [-0.25, -0.2) is 9.97 Å². The van der Waals surface area contributed by atoms with Crippen LogP contribution in [0.4, 0.5) is 11.6 Å². The Hall–Kier alpha value is -1.36. The largest absolute Gasteiger partial charge is 0.393 e. The van der Waals surface area contributed by atoms with Crippen LogP contribution >= 0.6 is 0 Å². The predicted molar refractivity (Wildman–Crippen MR) is 82.0 cm³/mol. The second kappa shape index (κ2) is 7.43. The summed E-state index contributed by atoms with van der Waals surface area (Å²) < 4.78 is 0. The molecule has 2 rings (SSSR count). The van der Waals surface area contributed by atoms with E-state index >= 15 is 0 Å². The fourth-order valence-electron chi connectivity index (χ4n) is 2.68. The highest BCUT2D eigenvalue weighted by Crippen LogP contribution is 2.25. The molecule has 0 bridgehead atoms. The first-order valence-corrected chi connectivity index (χ1v) is 7.75. The fourth-order valence-corrected chi connectivity index (χ4v) is 2.68. The quantitative estimate of drug-likeness (QED) is 0.714. The highest BCUT2D eigenvalue weighted by atomic mass is 16.3. The maximum Gasteiger partial charge on any atom is 0.133 e. The van der Waals surface area contributed by atoms with Gasteiger partial charge >= 0.3 is 0 Å². The summed E-state index contributed by atoms with van der Waals surface area (Å²) in [7, 11) is 0. The Morgan fingerprint density at radius 2 is 1.95 bits per heavy atom. The van der Waals surface area contributed by atoms with Gasteiger partial charge in [0.1, 0.15) is 17.5 Å². The number of hydrogen-bond acceptors (Lipinski definition) is 5. The standard InChI is InChI=1S/C15H26N4O/c1-3-5-13-18-14(16-4-2)9-15(19-13)17-10-11-6-7-12(20)8-11/h9,11-12,20H,3-8,10H2,1-2H3,(H2,16,17,18,19). The van der Waals surface area contributed by atoms with Crippen LogP contribution in [0.5, 0.6) is 0 Å². The van der Waals surface area contributed by atoms with Crippen LogP contribution in [0.15, 0.2) is 6.07 Å². The third-order valence-corrected chi connectivity index (χ3v) is 3.69. The first-order chi connectivity index (χ1) is 9.71. The number of aromatic nitrogens is 2. The van der Waals surface area contributed by atoms with Gasteiger partial charge in [0.2, 0.25) is 0 Å². The molecular weight excluding hydrogens is 252 g/mol. The molecule has 1 aromatic rings. The van der Waals surface area contributed by atoms with Gasteiger partial charge in [0.25, 0.3) is 0 Å². The van der Waals surface area contributed by atoms with Crippen molar-refractivity contribution in [1.82, 2.24) is 9.97 Å². The molecule has 112 valence electrons. The molecule has 1 aromatic heterocycles. The molecule has 2 unspecified atom stereocenters. The van der Waals surface area contributed by atoms with E-state index in [4.69, 9.17) is 0 Å². The molecule has 0 radical (unpaired) electrons. The number of aliphatic hydroxyl groups excluding tert-OH is 1. The first kappa shape index (κ1) is 15.0.